The fourth-order valence-corrected chi connectivity index (χ4v) is 4.77. The lowest BCUT2D eigenvalue weighted by Crippen LogP contribution is -2.50. The predicted molar refractivity (Wildman–Crippen MR) is 146 cm³/mol. The second-order valence-electron chi connectivity index (χ2n) is 8.41. The monoisotopic (exact) mass is 508 g/mol. The molecule has 0 saturated carbocycles. The van der Waals surface area contributed by atoms with Crippen LogP contribution in [0.5, 0.6) is 0 Å². The van der Waals surface area contributed by atoms with Crippen LogP contribution < -0.4 is 5.32 Å². The summed E-state index contributed by atoms with van der Waals surface area (Å²) in [5.41, 5.74) is 2.05. The lowest BCUT2D eigenvalue weighted by molar-refractivity contribution is -0.141. The SMILES string of the molecule is CCCNC(=O)[C@H](Cc1ccccc1)N(Cc1ccccc1)C(=O)CCCSc1ccc(Cl)cc1. The summed E-state index contributed by atoms with van der Waals surface area (Å²) in [7, 11) is 0. The molecular weight excluding hydrogens is 476 g/mol. The predicted octanol–water partition coefficient (Wildman–Crippen LogP) is 6.38. The fraction of sp³-hybridized carbons (Fsp3) is 0.310. The maximum Gasteiger partial charge on any atom is 0.243 e. The van der Waals surface area contributed by atoms with Crippen molar-refractivity contribution in [1.82, 2.24) is 10.2 Å². The molecule has 0 radical (unpaired) electrons. The van der Waals surface area contributed by atoms with Crippen molar-refractivity contribution in [1.29, 1.82) is 0 Å². The summed E-state index contributed by atoms with van der Waals surface area (Å²) in [6.45, 7) is 3.02. The van der Waals surface area contributed by atoms with E-state index in [9.17, 15) is 9.59 Å². The maximum atomic E-state index is 13.5. The number of carbonyl (C=O) groups is 2. The molecule has 4 nitrogen and oxygen atoms in total. The van der Waals surface area contributed by atoms with Crippen molar-refractivity contribution in [2.24, 2.45) is 0 Å². The first-order valence-corrected chi connectivity index (χ1v) is 13.5. The number of benzene rings is 3. The molecule has 0 fully saturated rings. The van der Waals surface area contributed by atoms with Crippen molar-refractivity contribution in [3.05, 3.63) is 101 Å². The molecule has 3 aromatic rings. The second-order valence-corrected chi connectivity index (χ2v) is 10.0. The first-order chi connectivity index (χ1) is 17.1. The van der Waals surface area contributed by atoms with Gasteiger partial charge in [0.2, 0.25) is 11.8 Å². The zero-order chi connectivity index (χ0) is 24.9. The van der Waals surface area contributed by atoms with Crippen LogP contribution in [0, 0.1) is 0 Å². The third-order valence-electron chi connectivity index (χ3n) is 5.63. The highest BCUT2D eigenvalue weighted by Gasteiger charge is 2.29. The molecule has 3 rings (SSSR count). The van der Waals surface area contributed by atoms with E-state index in [4.69, 9.17) is 11.6 Å². The molecular formula is C29H33ClN2O2S. The quantitative estimate of drug-likeness (QED) is 0.215. The van der Waals surface area contributed by atoms with Crippen LogP contribution in [0.1, 0.15) is 37.3 Å². The van der Waals surface area contributed by atoms with Crippen molar-refractivity contribution < 1.29 is 9.59 Å². The summed E-state index contributed by atoms with van der Waals surface area (Å²) in [6, 6.07) is 27.0. The lowest BCUT2D eigenvalue weighted by Gasteiger charge is -2.31. The van der Waals surface area contributed by atoms with Gasteiger partial charge in [-0.3, -0.25) is 9.59 Å². The molecule has 0 saturated heterocycles. The standard InChI is InChI=1S/C29H33ClN2O2S/c1-2-19-31-29(34)27(21-23-10-5-3-6-11-23)32(22-24-12-7-4-8-13-24)28(33)14-9-20-35-26-17-15-25(30)16-18-26/h3-8,10-13,15-18,27H,2,9,14,19-22H2,1H3,(H,31,34)/t27-/m0/s1. The second kappa shape index (κ2) is 14.6. The average Bonchev–Trinajstić information content (AvgIpc) is 2.89. The fourth-order valence-electron chi connectivity index (χ4n) is 3.79. The minimum absolute atomic E-state index is 0.00172. The van der Waals surface area contributed by atoms with Gasteiger partial charge in [-0.25, -0.2) is 0 Å². The number of hydrogen-bond donors (Lipinski definition) is 1. The van der Waals surface area contributed by atoms with E-state index in [0.29, 0.717) is 31.0 Å². The third-order valence-corrected chi connectivity index (χ3v) is 6.98. The molecule has 0 aliphatic carbocycles. The normalized spacial score (nSPS) is 11.6. The highest BCUT2D eigenvalue weighted by molar-refractivity contribution is 7.99. The Balaban J connectivity index is 1.74. The van der Waals surface area contributed by atoms with Gasteiger partial charge in [0.25, 0.3) is 0 Å². The summed E-state index contributed by atoms with van der Waals surface area (Å²) >= 11 is 7.68. The number of nitrogens with one attached hydrogen (secondary N) is 1. The van der Waals surface area contributed by atoms with Crippen LogP contribution in [-0.2, 0) is 22.6 Å². The van der Waals surface area contributed by atoms with Crippen LogP contribution in [0.25, 0.3) is 0 Å². The number of carbonyl (C=O) groups excluding carboxylic acids is 2. The van der Waals surface area contributed by atoms with Gasteiger partial charge in [0.15, 0.2) is 0 Å². The molecule has 35 heavy (non-hydrogen) atoms. The molecule has 0 heterocycles. The van der Waals surface area contributed by atoms with E-state index in [1.165, 1.54) is 0 Å². The van der Waals surface area contributed by atoms with Gasteiger partial charge in [0, 0.05) is 35.8 Å². The Hall–Kier alpha value is -2.76. The van der Waals surface area contributed by atoms with Crippen LogP contribution in [0.2, 0.25) is 5.02 Å². The first-order valence-electron chi connectivity index (χ1n) is 12.1. The minimum Gasteiger partial charge on any atom is -0.354 e. The Morgan fingerprint density at radius 1 is 0.914 bits per heavy atom. The number of thioether (sulfide) groups is 1. The molecule has 0 aliphatic rings. The number of nitrogens with zero attached hydrogens (tertiary/aromatic N) is 1. The van der Waals surface area contributed by atoms with Crippen molar-refractivity contribution in [2.45, 2.75) is 50.1 Å². The van der Waals surface area contributed by atoms with E-state index >= 15 is 0 Å². The van der Waals surface area contributed by atoms with E-state index in [1.54, 1.807) is 16.7 Å². The number of halogens is 1. The Bertz CT molecular complexity index is 1050. The van der Waals surface area contributed by atoms with E-state index in [0.717, 1.165) is 34.6 Å². The van der Waals surface area contributed by atoms with E-state index in [2.05, 4.69) is 5.32 Å². The number of rotatable bonds is 13. The Morgan fingerprint density at radius 3 is 2.17 bits per heavy atom. The molecule has 2 amide bonds. The van der Waals surface area contributed by atoms with Gasteiger partial charge in [-0.2, -0.15) is 0 Å². The van der Waals surface area contributed by atoms with Crippen LogP contribution in [0.15, 0.2) is 89.8 Å². The Kier molecular flexibility index (Phi) is 11.2. The van der Waals surface area contributed by atoms with Gasteiger partial charge < -0.3 is 10.2 Å². The topological polar surface area (TPSA) is 49.4 Å². The van der Waals surface area contributed by atoms with Crippen LogP contribution in [-0.4, -0.2) is 35.1 Å². The zero-order valence-electron chi connectivity index (χ0n) is 20.2. The van der Waals surface area contributed by atoms with Crippen LogP contribution in [0.3, 0.4) is 0 Å². The average molecular weight is 509 g/mol. The van der Waals surface area contributed by atoms with Gasteiger partial charge in [-0.1, -0.05) is 79.2 Å². The molecule has 184 valence electrons. The lowest BCUT2D eigenvalue weighted by atomic mass is 10.0. The summed E-state index contributed by atoms with van der Waals surface area (Å²) in [6.07, 6.45) is 2.44. The third kappa shape index (κ3) is 9.08. The first kappa shape index (κ1) is 26.8. The molecule has 0 aromatic heterocycles. The van der Waals surface area contributed by atoms with Crippen molar-refractivity contribution in [3.8, 4) is 0 Å². The van der Waals surface area contributed by atoms with Gasteiger partial charge >= 0.3 is 0 Å². The van der Waals surface area contributed by atoms with Gasteiger partial charge in [-0.15, -0.1) is 11.8 Å². The van der Waals surface area contributed by atoms with Crippen molar-refractivity contribution in [2.75, 3.05) is 12.3 Å². The van der Waals surface area contributed by atoms with Crippen LogP contribution >= 0.6 is 23.4 Å². The number of amides is 2. The molecule has 0 aliphatic heterocycles. The highest BCUT2D eigenvalue weighted by atomic mass is 35.5. The van der Waals surface area contributed by atoms with Gasteiger partial charge in [0.1, 0.15) is 6.04 Å². The molecule has 0 unspecified atom stereocenters. The summed E-state index contributed by atoms with van der Waals surface area (Å²) < 4.78 is 0. The highest BCUT2D eigenvalue weighted by Crippen LogP contribution is 2.22. The Morgan fingerprint density at radius 2 is 1.54 bits per heavy atom. The van der Waals surface area contributed by atoms with Gasteiger partial charge in [0.05, 0.1) is 0 Å². The maximum absolute atomic E-state index is 13.5. The zero-order valence-corrected chi connectivity index (χ0v) is 21.7. The van der Waals surface area contributed by atoms with Crippen molar-refractivity contribution >= 4 is 35.2 Å². The summed E-state index contributed by atoms with van der Waals surface area (Å²) in [5, 5.41) is 3.73. The van der Waals surface area contributed by atoms with E-state index < -0.39 is 6.04 Å². The van der Waals surface area contributed by atoms with E-state index in [-0.39, 0.29) is 11.8 Å². The molecule has 6 heteroatoms. The van der Waals surface area contributed by atoms with E-state index in [1.807, 2.05) is 91.9 Å². The molecule has 1 atom stereocenters. The largest absolute Gasteiger partial charge is 0.354 e. The summed E-state index contributed by atoms with van der Waals surface area (Å²) in [5.74, 6) is 0.714. The van der Waals surface area contributed by atoms with Crippen molar-refractivity contribution in [3.63, 3.8) is 0 Å². The number of hydrogen-bond acceptors (Lipinski definition) is 3. The Labute approximate surface area is 218 Å². The summed E-state index contributed by atoms with van der Waals surface area (Å²) in [4.78, 5) is 29.7. The van der Waals surface area contributed by atoms with Crippen LogP contribution in [0.4, 0.5) is 0 Å². The molecule has 1 N–H and O–H groups in total. The minimum atomic E-state index is -0.569. The van der Waals surface area contributed by atoms with Gasteiger partial charge in [-0.05, 0) is 54.0 Å². The molecule has 0 bridgehead atoms. The molecule has 0 spiro atoms. The smallest absolute Gasteiger partial charge is 0.243 e. The molecule has 3 aromatic carbocycles.